The first-order valence-electron chi connectivity index (χ1n) is 13.3. The second-order valence-electron chi connectivity index (χ2n) is 9.99. The van der Waals surface area contributed by atoms with Crippen LogP contribution in [0.5, 0.6) is 11.5 Å². The molecule has 4 heterocycles. The molecule has 6 rings (SSSR count). The molecule has 2 aliphatic heterocycles. The van der Waals surface area contributed by atoms with Gasteiger partial charge in [-0.05, 0) is 38.2 Å². The van der Waals surface area contributed by atoms with Gasteiger partial charge in [-0.2, -0.15) is 0 Å². The van der Waals surface area contributed by atoms with E-state index in [1.807, 2.05) is 0 Å². The average molecular weight is 507 g/mol. The molecule has 0 unspecified atom stereocenters. The third kappa shape index (κ3) is 6.02. The number of fused-ring (bicyclic) bond motifs is 1. The van der Waals surface area contributed by atoms with Crippen LogP contribution in [0.15, 0.2) is 36.9 Å². The molecule has 3 fully saturated rings. The second kappa shape index (κ2) is 11.4. The number of rotatable bonds is 9. The number of benzene rings is 1. The first-order chi connectivity index (χ1) is 18.3. The van der Waals surface area contributed by atoms with E-state index in [-0.39, 0.29) is 6.10 Å². The zero-order valence-electron chi connectivity index (χ0n) is 21.1. The Morgan fingerprint density at radius 2 is 1.70 bits per heavy atom. The van der Waals surface area contributed by atoms with Crippen LogP contribution in [-0.4, -0.2) is 78.2 Å². The molecule has 10 heteroatoms. The van der Waals surface area contributed by atoms with Gasteiger partial charge < -0.3 is 29.2 Å². The Labute approximate surface area is 216 Å². The van der Waals surface area contributed by atoms with Crippen LogP contribution in [0, 0.1) is 5.92 Å². The highest BCUT2D eigenvalue weighted by Gasteiger charge is 2.25. The van der Waals surface area contributed by atoms with Gasteiger partial charge in [-0.3, -0.25) is 4.98 Å². The number of morpholine rings is 1. The van der Waals surface area contributed by atoms with E-state index in [1.54, 1.807) is 24.8 Å². The maximum atomic E-state index is 6.54. The summed E-state index contributed by atoms with van der Waals surface area (Å²) in [6, 6.07) is 4.53. The van der Waals surface area contributed by atoms with Crippen LogP contribution in [0.1, 0.15) is 32.1 Å². The first-order valence-corrected chi connectivity index (χ1v) is 13.3. The summed E-state index contributed by atoms with van der Waals surface area (Å²) in [6.07, 6.45) is 12.0. The van der Waals surface area contributed by atoms with Crippen molar-refractivity contribution in [2.24, 2.45) is 5.92 Å². The topological polar surface area (TPSA) is 104 Å². The lowest BCUT2D eigenvalue weighted by Crippen LogP contribution is -2.36. The minimum atomic E-state index is 0.140. The molecule has 1 N–H and O–H groups in total. The lowest BCUT2D eigenvalue weighted by Gasteiger charge is -2.31. The van der Waals surface area contributed by atoms with Gasteiger partial charge in [0.05, 0.1) is 57.0 Å². The van der Waals surface area contributed by atoms with Crippen molar-refractivity contribution in [3.63, 3.8) is 0 Å². The molecular weight excluding hydrogens is 472 g/mol. The van der Waals surface area contributed by atoms with Crippen LogP contribution in [0.3, 0.4) is 0 Å². The zero-order valence-corrected chi connectivity index (χ0v) is 21.1. The Hall–Kier alpha value is -3.24. The zero-order chi connectivity index (χ0) is 24.9. The highest BCUT2D eigenvalue weighted by Crippen LogP contribution is 2.33. The normalized spacial score (nSPS) is 22.4. The number of nitrogens with one attached hydrogen (secondary N) is 1. The largest absolute Gasteiger partial charge is 0.490 e. The van der Waals surface area contributed by atoms with Crippen molar-refractivity contribution in [2.45, 2.75) is 44.2 Å². The summed E-state index contributed by atoms with van der Waals surface area (Å²) in [5, 5.41) is 3.48. The minimum Gasteiger partial charge on any atom is -0.490 e. The number of aromatic nitrogens is 4. The predicted octanol–water partition coefficient (Wildman–Crippen LogP) is 3.47. The Bertz CT molecular complexity index is 1160. The van der Waals surface area contributed by atoms with Crippen molar-refractivity contribution in [3.8, 4) is 11.5 Å². The molecule has 0 spiro atoms. The van der Waals surface area contributed by atoms with Crippen LogP contribution in [0.25, 0.3) is 11.0 Å². The third-order valence-corrected chi connectivity index (χ3v) is 7.33. The van der Waals surface area contributed by atoms with Gasteiger partial charge >= 0.3 is 0 Å². The highest BCUT2D eigenvalue weighted by atomic mass is 16.5. The molecule has 0 radical (unpaired) electrons. The predicted molar refractivity (Wildman–Crippen MR) is 139 cm³/mol. The first kappa shape index (κ1) is 24.1. The minimum absolute atomic E-state index is 0.140. The second-order valence-corrected chi connectivity index (χ2v) is 9.99. The summed E-state index contributed by atoms with van der Waals surface area (Å²) in [7, 11) is 0. The van der Waals surface area contributed by atoms with Crippen LogP contribution in [-0.2, 0) is 9.47 Å². The Kier molecular flexibility index (Phi) is 7.45. The number of anilines is 2. The van der Waals surface area contributed by atoms with Gasteiger partial charge in [-0.1, -0.05) is 0 Å². The van der Waals surface area contributed by atoms with Crippen molar-refractivity contribution in [1.82, 2.24) is 19.9 Å². The van der Waals surface area contributed by atoms with Gasteiger partial charge in [0.2, 0.25) is 5.95 Å². The molecule has 0 amide bonds. The Balaban J connectivity index is 1.02. The third-order valence-electron chi connectivity index (χ3n) is 7.33. The molecule has 3 aliphatic rings. The Morgan fingerprint density at radius 1 is 0.919 bits per heavy atom. The molecule has 37 heavy (non-hydrogen) atoms. The van der Waals surface area contributed by atoms with Crippen molar-refractivity contribution in [2.75, 3.05) is 56.3 Å². The van der Waals surface area contributed by atoms with E-state index in [9.17, 15) is 0 Å². The molecule has 0 bridgehead atoms. The summed E-state index contributed by atoms with van der Waals surface area (Å²) in [4.78, 5) is 20.3. The fourth-order valence-corrected chi connectivity index (χ4v) is 5.07. The van der Waals surface area contributed by atoms with E-state index in [1.165, 1.54) is 0 Å². The van der Waals surface area contributed by atoms with E-state index >= 15 is 0 Å². The quantitative estimate of drug-likeness (QED) is 0.464. The smallest absolute Gasteiger partial charge is 0.223 e. The number of hydrogen-bond acceptors (Lipinski definition) is 10. The fraction of sp³-hybridized carbons (Fsp3) is 0.556. The monoisotopic (exact) mass is 506 g/mol. The highest BCUT2D eigenvalue weighted by molar-refractivity contribution is 5.85. The van der Waals surface area contributed by atoms with E-state index in [0.717, 1.165) is 94.1 Å². The SMILES string of the molecule is c1cnc2c(OC3CCC(Nc4ncc(OCCC5COC5)cn4)CC3)cc(N3CCOCC3)cc2n1. The van der Waals surface area contributed by atoms with E-state index in [0.29, 0.717) is 30.3 Å². The van der Waals surface area contributed by atoms with Gasteiger partial charge in [0, 0.05) is 49.2 Å². The van der Waals surface area contributed by atoms with E-state index < -0.39 is 0 Å². The van der Waals surface area contributed by atoms with Crippen LogP contribution < -0.4 is 19.7 Å². The van der Waals surface area contributed by atoms with E-state index in [4.69, 9.17) is 18.9 Å². The summed E-state index contributed by atoms with van der Waals surface area (Å²) < 4.78 is 23.0. The molecule has 2 saturated heterocycles. The molecule has 1 aromatic carbocycles. The Morgan fingerprint density at radius 3 is 2.46 bits per heavy atom. The van der Waals surface area contributed by atoms with Gasteiger partial charge in [0.15, 0.2) is 5.75 Å². The molecule has 0 atom stereocenters. The van der Waals surface area contributed by atoms with Crippen molar-refractivity contribution < 1.29 is 18.9 Å². The van der Waals surface area contributed by atoms with Crippen molar-refractivity contribution in [1.29, 1.82) is 0 Å². The van der Waals surface area contributed by atoms with Crippen molar-refractivity contribution >= 4 is 22.7 Å². The molecule has 2 aromatic heterocycles. The maximum absolute atomic E-state index is 6.54. The number of nitrogens with zero attached hydrogens (tertiary/aromatic N) is 5. The lowest BCUT2D eigenvalue weighted by molar-refractivity contribution is -0.0401. The molecule has 3 aromatic rings. The molecular formula is C27H34N6O4. The number of hydrogen-bond donors (Lipinski definition) is 1. The van der Waals surface area contributed by atoms with Crippen LogP contribution >= 0.6 is 0 Å². The lowest BCUT2D eigenvalue weighted by atomic mass is 9.93. The van der Waals surface area contributed by atoms with Crippen LogP contribution in [0.4, 0.5) is 11.6 Å². The molecule has 1 aliphatic carbocycles. The number of ether oxygens (including phenoxy) is 4. The van der Waals surface area contributed by atoms with E-state index in [2.05, 4.69) is 42.3 Å². The van der Waals surface area contributed by atoms with Gasteiger partial charge in [-0.15, -0.1) is 0 Å². The summed E-state index contributed by atoms with van der Waals surface area (Å²) >= 11 is 0. The van der Waals surface area contributed by atoms with Gasteiger partial charge in [-0.25, -0.2) is 15.0 Å². The fourth-order valence-electron chi connectivity index (χ4n) is 5.07. The molecule has 10 nitrogen and oxygen atoms in total. The summed E-state index contributed by atoms with van der Waals surface area (Å²) in [6.45, 7) is 5.58. The molecule has 1 saturated carbocycles. The standard InChI is InChI=1S/C27H34N6O4/c1-3-22(4-2-20(1)32-27-30-15-23(16-31-27)36-10-5-19-17-35-18-19)37-25-14-21(33-8-11-34-12-9-33)13-24-26(25)29-7-6-28-24/h6-7,13-16,19-20,22H,1-5,8-12,17-18H2,(H,30,31,32). The van der Waals surface area contributed by atoms with Gasteiger partial charge in [0.1, 0.15) is 11.3 Å². The molecule has 196 valence electrons. The maximum Gasteiger partial charge on any atom is 0.223 e. The van der Waals surface area contributed by atoms with Crippen LogP contribution in [0.2, 0.25) is 0 Å². The summed E-state index contributed by atoms with van der Waals surface area (Å²) in [5.74, 6) is 2.79. The summed E-state index contributed by atoms with van der Waals surface area (Å²) in [5.41, 5.74) is 2.79. The van der Waals surface area contributed by atoms with Gasteiger partial charge in [0.25, 0.3) is 0 Å². The van der Waals surface area contributed by atoms with Crippen molar-refractivity contribution in [3.05, 3.63) is 36.9 Å². The average Bonchev–Trinajstić information content (AvgIpc) is 2.92.